The van der Waals surface area contributed by atoms with Gasteiger partial charge in [0.15, 0.2) is 0 Å². The largest absolute Gasteiger partial charge is 0.385 e. The Morgan fingerprint density at radius 2 is 2.13 bits per heavy atom. The van der Waals surface area contributed by atoms with E-state index in [1.807, 2.05) is 37.3 Å². The third kappa shape index (κ3) is 2.58. The molecule has 15 heavy (non-hydrogen) atoms. The average Bonchev–Trinajstić information content (AvgIpc) is 2.71. The van der Waals surface area contributed by atoms with E-state index in [2.05, 4.69) is 5.32 Å². The Morgan fingerprint density at radius 1 is 1.40 bits per heavy atom. The second-order valence-electron chi connectivity index (χ2n) is 4.70. The summed E-state index contributed by atoms with van der Waals surface area (Å²) in [5.41, 5.74) is 0.342. The fourth-order valence-electron chi connectivity index (χ4n) is 2.37. The lowest BCUT2D eigenvalue weighted by Gasteiger charge is -2.26. The summed E-state index contributed by atoms with van der Waals surface area (Å²) in [5, 5.41) is 13.8. The number of benzene rings is 1. The molecule has 1 fully saturated rings. The van der Waals surface area contributed by atoms with E-state index in [9.17, 15) is 5.11 Å². The van der Waals surface area contributed by atoms with Crippen LogP contribution < -0.4 is 5.32 Å². The summed E-state index contributed by atoms with van der Waals surface area (Å²) in [6.07, 6.45) is 2.03. The van der Waals surface area contributed by atoms with Crippen molar-refractivity contribution in [2.24, 2.45) is 5.92 Å². The standard InChI is InChI=1S/C13H19NO/c1-13(15,9-11-7-8-14-10-11)12-5-3-2-4-6-12/h2-6,11,14-15H,7-10H2,1H3. The first-order valence-electron chi connectivity index (χ1n) is 5.67. The van der Waals surface area contributed by atoms with E-state index in [0.717, 1.165) is 25.1 Å². The Kier molecular flexibility index (Phi) is 3.08. The molecule has 1 saturated heterocycles. The summed E-state index contributed by atoms with van der Waals surface area (Å²) in [4.78, 5) is 0. The lowest BCUT2D eigenvalue weighted by atomic mass is 9.86. The molecule has 82 valence electrons. The molecule has 0 radical (unpaired) electrons. The Bertz CT molecular complexity index is 302. The molecule has 1 aliphatic heterocycles. The molecule has 2 unspecified atom stereocenters. The highest BCUT2D eigenvalue weighted by Crippen LogP contribution is 2.30. The number of rotatable bonds is 3. The van der Waals surface area contributed by atoms with Gasteiger partial charge in [-0.2, -0.15) is 0 Å². The van der Waals surface area contributed by atoms with Gasteiger partial charge in [-0.3, -0.25) is 0 Å². The van der Waals surface area contributed by atoms with E-state index < -0.39 is 5.60 Å². The number of hydrogen-bond donors (Lipinski definition) is 2. The first kappa shape index (κ1) is 10.7. The van der Waals surface area contributed by atoms with E-state index in [-0.39, 0.29) is 0 Å². The Balaban J connectivity index is 2.05. The first-order chi connectivity index (χ1) is 7.18. The topological polar surface area (TPSA) is 32.3 Å². The van der Waals surface area contributed by atoms with Crippen LogP contribution in [-0.4, -0.2) is 18.2 Å². The van der Waals surface area contributed by atoms with Crippen molar-refractivity contribution in [2.45, 2.75) is 25.4 Å². The third-order valence-electron chi connectivity index (χ3n) is 3.24. The van der Waals surface area contributed by atoms with Gasteiger partial charge >= 0.3 is 0 Å². The fraction of sp³-hybridized carbons (Fsp3) is 0.538. The Labute approximate surface area is 91.3 Å². The summed E-state index contributed by atoms with van der Waals surface area (Å²) in [6.45, 7) is 4.05. The van der Waals surface area contributed by atoms with Gasteiger partial charge in [-0.05, 0) is 44.3 Å². The van der Waals surface area contributed by atoms with Crippen molar-refractivity contribution in [3.63, 3.8) is 0 Å². The first-order valence-corrected chi connectivity index (χ1v) is 5.67. The summed E-state index contributed by atoms with van der Waals surface area (Å²) in [6, 6.07) is 9.95. The van der Waals surface area contributed by atoms with Gasteiger partial charge in [0.1, 0.15) is 0 Å². The maximum Gasteiger partial charge on any atom is 0.0871 e. The minimum Gasteiger partial charge on any atom is -0.385 e. The van der Waals surface area contributed by atoms with E-state index in [1.54, 1.807) is 0 Å². The van der Waals surface area contributed by atoms with Crippen LogP contribution in [0.4, 0.5) is 0 Å². The van der Waals surface area contributed by atoms with Crippen molar-refractivity contribution in [3.8, 4) is 0 Å². The fourth-order valence-corrected chi connectivity index (χ4v) is 2.37. The summed E-state index contributed by atoms with van der Waals surface area (Å²) in [7, 11) is 0. The van der Waals surface area contributed by atoms with Gasteiger partial charge in [0.05, 0.1) is 5.60 Å². The van der Waals surface area contributed by atoms with Gasteiger partial charge in [-0.25, -0.2) is 0 Å². The second kappa shape index (κ2) is 4.33. The van der Waals surface area contributed by atoms with Crippen molar-refractivity contribution in [1.82, 2.24) is 5.32 Å². The highest BCUT2D eigenvalue weighted by Gasteiger charge is 2.28. The zero-order chi connectivity index (χ0) is 10.7. The minimum atomic E-state index is -0.683. The molecule has 0 aromatic heterocycles. The molecule has 2 N–H and O–H groups in total. The van der Waals surface area contributed by atoms with Crippen molar-refractivity contribution < 1.29 is 5.11 Å². The molecule has 0 amide bonds. The Morgan fingerprint density at radius 3 is 2.73 bits per heavy atom. The van der Waals surface area contributed by atoms with E-state index in [4.69, 9.17) is 0 Å². The number of nitrogens with one attached hydrogen (secondary N) is 1. The predicted molar refractivity (Wildman–Crippen MR) is 61.6 cm³/mol. The summed E-state index contributed by atoms with van der Waals surface area (Å²) >= 11 is 0. The molecular formula is C13H19NO. The molecule has 1 aromatic carbocycles. The van der Waals surface area contributed by atoms with Crippen LogP contribution in [-0.2, 0) is 5.60 Å². The SMILES string of the molecule is CC(O)(CC1CCNC1)c1ccccc1. The van der Waals surface area contributed by atoms with E-state index in [0.29, 0.717) is 5.92 Å². The third-order valence-corrected chi connectivity index (χ3v) is 3.24. The van der Waals surface area contributed by atoms with Crippen molar-refractivity contribution in [1.29, 1.82) is 0 Å². The monoisotopic (exact) mass is 205 g/mol. The molecule has 1 aliphatic rings. The zero-order valence-corrected chi connectivity index (χ0v) is 9.24. The maximum atomic E-state index is 10.4. The van der Waals surface area contributed by atoms with Gasteiger partial charge in [-0.15, -0.1) is 0 Å². The van der Waals surface area contributed by atoms with Crippen LogP contribution in [0.1, 0.15) is 25.3 Å². The van der Waals surface area contributed by atoms with Gasteiger partial charge < -0.3 is 10.4 Å². The van der Waals surface area contributed by atoms with Gasteiger partial charge in [0.2, 0.25) is 0 Å². The molecule has 1 heterocycles. The molecule has 2 nitrogen and oxygen atoms in total. The summed E-state index contributed by atoms with van der Waals surface area (Å²) < 4.78 is 0. The van der Waals surface area contributed by atoms with Crippen LogP contribution >= 0.6 is 0 Å². The van der Waals surface area contributed by atoms with Gasteiger partial charge in [0.25, 0.3) is 0 Å². The normalized spacial score (nSPS) is 25.1. The molecule has 0 saturated carbocycles. The molecule has 1 aromatic rings. The van der Waals surface area contributed by atoms with E-state index >= 15 is 0 Å². The lowest BCUT2D eigenvalue weighted by Crippen LogP contribution is -2.25. The predicted octanol–water partition coefficient (Wildman–Crippen LogP) is 1.89. The highest BCUT2D eigenvalue weighted by molar-refractivity contribution is 5.21. The molecular weight excluding hydrogens is 186 g/mol. The van der Waals surface area contributed by atoms with Crippen LogP contribution in [0.25, 0.3) is 0 Å². The quantitative estimate of drug-likeness (QED) is 0.790. The molecule has 2 rings (SSSR count). The van der Waals surface area contributed by atoms with Crippen LogP contribution in [0.3, 0.4) is 0 Å². The van der Waals surface area contributed by atoms with Gasteiger partial charge in [-0.1, -0.05) is 30.3 Å². The Hall–Kier alpha value is -0.860. The van der Waals surface area contributed by atoms with Crippen molar-refractivity contribution >= 4 is 0 Å². The van der Waals surface area contributed by atoms with Crippen molar-refractivity contribution in [2.75, 3.05) is 13.1 Å². The average molecular weight is 205 g/mol. The number of aliphatic hydroxyl groups is 1. The molecule has 2 atom stereocenters. The maximum absolute atomic E-state index is 10.4. The molecule has 0 spiro atoms. The zero-order valence-electron chi connectivity index (χ0n) is 9.24. The summed E-state index contributed by atoms with van der Waals surface area (Å²) in [5.74, 6) is 0.611. The van der Waals surface area contributed by atoms with Crippen molar-refractivity contribution in [3.05, 3.63) is 35.9 Å². The van der Waals surface area contributed by atoms with Crippen LogP contribution in [0.5, 0.6) is 0 Å². The number of hydrogen-bond acceptors (Lipinski definition) is 2. The molecule has 2 heteroatoms. The minimum absolute atomic E-state index is 0.611. The van der Waals surface area contributed by atoms with E-state index in [1.165, 1.54) is 6.42 Å². The second-order valence-corrected chi connectivity index (χ2v) is 4.70. The van der Waals surface area contributed by atoms with Crippen LogP contribution in [0, 0.1) is 5.92 Å². The van der Waals surface area contributed by atoms with Crippen LogP contribution in [0.15, 0.2) is 30.3 Å². The van der Waals surface area contributed by atoms with Gasteiger partial charge in [0, 0.05) is 0 Å². The lowest BCUT2D eigenvalue weighted by molar-refractivity contribution is 0.0326. The smallest absolute Gasteiger partial charge is 0.0871 e. The van der Waals surface area contributed by atoms with Crippen LogP contribution in [0.2, 0.25) is 0 Å². The molecule has 0 bridgehead atoms. The molecule has 0 aliphatic carbocycles. The highest BCUT2D eigenvalue weighted by atomic mass is 16.3.